The van der Waals surface area contributed by atoms with Crippen LogP contribution in [0.4, 0.5) is 5.69 Å². The van der Waals surface area contributed by atoms with E-state index < -0.39 is 23.8 Å². The molecule has 1 atom stereocenters. The number of anilines is 1. The number of hydrogen-bond donors (Lipinski definition) is 1. The third kappa shape index (κ3) is 3.56. The largest absolute Gasteiger partial charge is 0.465 e. The van der Waals surface area contributed by atoms with Crippen LogP contribution in [0.25, 0.3) is 0 Å². The molecule has 1 unspecified atom stereocenters. The molecule has 1 heterocycles. The molecule has 2 aromatic carbocycles. The van der Waals surface area contributed by atoms with Gasteiger partial charge in [-0.05, 0) is 37.1 Å². The molecular formula is C21H21NO5. The monoisotopic (exact) mass is 367 g/mol. The van der Waals surface area contributed by atoms with Gasteiger partial charge in [0.05, 0.1) is 13.2 Å². The van der Waals surface area contributed by atoms with Crippen molar-refractivity contribution < 1.29 is 23.9 Å². The standard InChI is InChI=1S/C21H21NO5/c1-3-26-20(24)18(21(25)27-4-2)17-13-9-5-6-10-14(13)19(23)22-16-12-8-7-11-15(16)17/h5-12,17-18H,3-4H2,1-2H3,(H,22,23). The lowest BCUT2D eigenvalue weighted by Gasteiger charge is -2.25. The summed E-state index contributed by atoms with van der Waals surface area (Å²) < 4.78 is 10.4. The minimum absolute atomic E-state index is 0.141. The molecule has 3 rings (SSSR count). The van der Waals surface area contributed by atoms with Gasteiger partial charge in [-0.3, -0.25) is 14.4 Å². The molecule has 1 N–H and O–H groups in total. The zero-order chi connectivity index (χ0) is 19.4. The molecule has 0 spiro atoms. The van der Waals surface area contributed by atoms with Crippen molar-refractivity contribution in [2.75, 3.05) is 18.5 Å². The molecule has 0 bridgehead atoms. The first-order chi connectivity index (χ1) is 13.1. The van der Waals surface area contributed by atoms with Crippen LogP contribution in [0.3, 0.4) is 0 Å². The molecule has 0 saturated heterocycles. The van der Waals surface area contributed by atoms with E-state index in [1.165, 1.54) is 0 Å². The van der Waals surface area contributed by atoms with Crippen LogP contribution in [0.2, 0.25) is 0 Å². The lowest BCUT2D eigenvalue weighted by atomic mass is 9.78. The van der Waals surface area contributed by atoms with Crippen molar-refractivity contribution >= 4 is 23.5 Å². The fraction of sp³-hybridized carbons (Fsp3) is 0.286. The van der Waals surface area contributed by atoms with Crippen LogP contribution in [0.15, 0.2) is 48.5 Å². The van der Waals surface area contributed by atoms with Crippen molar-refractivity contribution in [1.82, 2.24) is 0 Å². The number of carbonyl (C=O) groups excluding carboxylic acids is 3. The third-order valence-electron chi connectivity index (χ3n) is 4.50. The Labute approximate surface area is 157 Å². The second-order valence-electron chi connectivity index (χ2n) is 6.09. The van der Waals surface area contributed by atoms with Gasteiger partial charge in [-0.1, -0.05) is 36.4 Å². The highest BCUT2D eigenvalue weighted by Crippen LogP contribution is 2.41. The van der Waals surface area contributed by atoms with Crippen molar-refractivity contribution in [3.05, 3.63) is 65.2 Å². The van der Waals surface area contributed by atoms with Crippen molar-refractivity contribution in [2.45, 2.75) is 19.8 Å². The molecule has 1 aliphatic rings. The summed E-state index contributed by atoms with van der Waals surface area (Å²) in [5.74, 6) is -3.53. The number of ether oxygens (including phenoxy) is 2. The van der Waals surface area contributed by atoms with Crippen LogP contribution in [-0.2, 0) is 19.1 Å². The molecule has 6 heteroatoms. The minimum atomic E-state index is -1.21. The Morgan fingerprint density at radius 1 is 0.926 bits per heavy atom. The van der Waals surface area contributed by atoms with E-state index in [0.29, 0.717) is 22.4 Å². The van der Waals surface area contributed by atoms with Gasteiger partial charge in [0.25, 0.3) is 5.91 Å². The normalized spacial score (nSPS) is 15.2. The van der Waals surface area contributed by atoms with E-state index in [2.05, 4.69) is 5.32 Å². The zero-order valence-corrected chi connectivity index (χ0v) is 15.2. The maximum Gasteiger partial charge on any atom is 0.321 e. The molecule has 1 amide bonds. The average Bonchev–Trinajstić information content (AvgIpc) is 2.78. The van der Waals surface area contributed by atoms with Gasteiger partial charge in [0.15, 0.2) is 5.92 Å². The first-order valence-corrected chi connectivity index (χ1v) is 8.90. The van der Waals surface area contributed by atoms with Gasteiger partial charge in [-0.25, -0.2) is 0 Å². The zero-order valence-electron chi connectivity index (χ0n) is 15.2. The molecule has 0 radical (unpaired) electrons. The Morgan fingerprint density at radius 3 is 2.11 bits per heavy atom. The number of fused-ring (bicyclic) bond motifs is 2. The first kappa shape index (κ1) is 18.6. The Balaban J connectivity index is 2.24. The summed E-state index contributed by atoms with van der Waals surface area (Å²) in [4.78, 5) is 38.2. The number of para-hydroxylation sites is 1. The predicted octanol–water partition coefficient (Wildman–Crippen LogP) is 3.13. The van der Waals surface area contributed by atoms with Gasteiger partial charge in [0.1, 0.15) is 0 Å². The summed E-state index contributed by atoms with van der Waals surface area (Å²) in [5.41, 5.74) is 2.23. The van der Waals surface area contributed by atoms with Crippen molar-refractivity contribution in [3.8, 4) is 0 Å². The number of benzene rings is 2. The smallest absolute Gasteiger partial charge is 0.321 e. The minimum Gasteiger partial charge on any atom is -0.465 e. The van der Waals surface area contributed by atoms with Crippen LogP contribution >= 0.6 is 0 Å². The summed E-state index contributed by atoms with van der Waals surface area (Å²) in [6.07, 6.45) is 0. The highest BCUT2D eigenvalue weighted by molar-refractivity contribution is 6.08. The number of esters is 2. The van der Waals surface area contributed by atoms with E-state index in [1.54, 1.807) is 62.4 Å². The molecule has 27 heavy (non-hydrogen) atoms. The quantitative estimate of drug-likeness (QED) is 0.649. The summed E-state index contributed by atoms with van der Waals surface area (Å²) in [6.45, 7) is 3.64. The molecule has 0 fully saturated rings. The van der Waals surface area contributed by atoms with E-state index in [4.69, 9.17) is 9.47 Å². The Kier molecular flexibility index (Phi) is 5.54. The van der Waals surface area contributed by atoms with Crippen LogP contribution < -0.4 is 5.32 Å². The Bertz CT molecular complexity index is 858. The first-order valence-electron chi connectivity index (χ1n) is 8.90. The van der Waals surface area contributed by atoms with Gasteiger partial charge >= 0.3 is 11.9 Å². The molecule has 6 nitrogen and oxygen atoms in total. The SMILES string of the molecule is CCOC(=O)C(C(=O)OCC)C1c2ccccc2NC(=O)c2ccccc21. The second kappa shape index (κ2) is 8.03. The Morgan fingerprint density at radius 2 is 1.48 bits per heavy atom. The summed E-state index contributed by atoms with van der Waals surface area (Å²) in [5, 5.41) is 2.86. The van der Waals surface area contributed by atoms with Gasteiger partial charge < -0.3 is 14.8 Å². The lowest BCUT2D eigenvalue weighted by molar-refractivity contribution is -0.162. The molecule has 140 valence electrons. The summed E-state index contributed by atoms with van der Waals surface area (Å²) in [7, 11) is 0. The molecule has 0 saturated carbocycles. The van der Waals surface area contributed by atoms with E-state index in [-0.39, 0.29) is 19.1 Å². The highest BCUT2D eigenvalue weighted by atomic mass is 16.6. The molecular weight excluding hydrogens is 346 g/mol. The maximum atomic E-state index is 12.7. The number of amides is 1. The highest BCUT2D eigenvalue weighted by Gasteiger charge is 2.42. The van der Waals surface area contributed by atoms with Gasteiger partial charge in [0, 0.05) is 17.2 Å². The molecule has 1 aliphatic heterocycles. The van der Waals surface area contributed by atoms with Gasteiger partial charge in [-0.15, -0.1) is 0 Å². The maximum absolute atomic E-state index is 12.7. The van der Waals surface area contributed by atoms with Gasteiger partial charge in [0.2, 0.25) is 0 Å². The lowest BCUT2D eigenvalue weighted by Crippen LogP contribution is -2.34. The summed E-state index contributed by atoms with van der Waals surface area (Å²) in [6, 6.07) is 14.1. The topological polar surface area (TPSA) is 81.7 Å². The van der Waals surface area contributed by atoms with Crippen molar-refractivity contribution in [1.29, 1.82) is 0 Å². The van der Waals surface area contributed by atoms with E-state index in [9.17, 15) is 14.4 Å². The molecule has 0 aliphatic carbocycles. The Hall–Kier alpha value is -3.15. The molecule has 0 aromatic heterocycles. The fourth-order valence-corrected chi connectivity index (χ4v) is 3.41. The average molecular weight is 367 g/mol. The van der Waals surface area contributed by atoms with Crippen LogP contribution in [-0.4, -0.2) is 31.1 Å². The predicted molar refractivity (Wildman–Crippen MR) is 99.4 cm³/mol. The van der Waals surface area contributed by atoms with E-state index in [1.807, 2.05) is 0 Å². The fourth-order valence-electron chi connectivity index (χ4n) is 3.41. The van der Waals surface area contributed by atoms with E-state index in [0.717, 1.165) is 0 Å². The van der Waals surface area contributed by atoms with Crippen molar-refractivity contribution in [2.24, 2.45) is 5.92 Å². The van der Waals surface area contributed by atoms with Crippen LogP contribution in [0, 0.1) is 5.92 Å². The summed E-state index contributed by atoms with van der Waals surface area (Å²) >= 11 is 0. The number of hydrogen-bond acceptors (Lipinski definition) is 5. The van der Waals surface area contributed by atoms with Gasteiger partial charge in [-0.2, -0.15) is 0 Å². The second-order valence-corrected chi connectivity index (χ2v) is 6.09. The van der Waals surface area contributed by atoms with Crippen LogP contribution in [0.5, 0.6) is 0 Å². The number of rotatable bonds is 5. The van der Waals surface area contributed by atoms with Crippen LogP contribution in [0.1, 0.15) is 41.3 Å². The third-order valence-corrected chi connectivity index (χ3v) is 4.50. The molecule has 2 aromatic rings. The number of carbonyl (C=O) groups is 3. The van der Waals surface area contributed by atoms with E-state index >= 15 is 0 Å². The van der Waals surface area contributed by atoms with Crippen molar-refractivity contribution in [3.63, 3.8) is 0 Å². The number of nitrogens with one attached hydrogen (secondary N) is 1.